The van der Waals surface area contributed by atoms with Crippen molar-refractivity contribution in [3.63, 3.8) is 0 Å². The number of hydrogen-bond donors (Lipinski definition) is 1. The van der Waals surface area contributed by atoms with Gasteiger partial charge < -0.3 is 10.2 Å². The molecule has 2 aliphatic heterocycles. The van der Waals surface area contributed by atoms with Crippen molar-refractivity contribution in [3.05, 3.63) is 28.2 Å². The molecule has 2 bridgehead atoms. The first-order valence-electron chi connectivity index (χ1n) is 7.44. The van der Waals surface area contributed by atoms with Crippen LogP contribution in [0.5, 0.6) is 0 Å². The lowest BCUT2D eigenvalue weighted by molar-refractivity contribution is 0.349. The molecule has 2 saturated heterocycles. The van der Waals surface area contributed by atoms with Crippen molar-refractivity contribution in [2.75, 3.05) is 11.4 Å². The summed E-state index contributed by atoms with van der Waals surface area (Å²) in [5.74, 6) is 0. The molecular formula is C16H20BrN3. The van der Waals surface area contributed by atoms with E-state index in [1.165, 1.54) is 25.7 Å². The average Bonchev–Trinajstić information content (AvgIpc) is 2.79. The first-order valence-corrected chi connectivity index (χ1v) is 8.23. The maximum Gasteiger partial charge on any atom is 0.103 e. The molecule has 106 valence electrons. The minimum absolute atomic E-state index is 0.556. The average molecular weight is 334 g/mol. The Bertz CT molecular complexity index is 525. The Morgan fingerprint density at radius 2 is 2.05 bits per heavy atom. The van der Waals surface area contributed by atoms with Crippen LogP contribution in [0.3, 0.4) is 0 Å². The van der Waals surface area contributed by atoms with E-state index in [9.17, 15) is 5.26 Å². The molecule has 3 rings (SSSR count). The molecule has 1 aromatic rings. The van der Waals surface area contributed by atoms with Gasteiger partial charge in [0.05, 0.1) is 11.3 Å². The fourth-order valence-electron chi connectivity index (χ4n) is 3.77. The lowest BCUT2D eigenvalue weighted by Crippen LogP contribution is -2.48. The monoisotopic (exact) mass is 333 g/mol. The molecule has 20 heavy (non-hydrogen) atoms. The second-order valence-electron chi connectivity index (χ2n) is 5.79. The molecular weight excluding hydrogens is 314 g/mol. The highest BCUT2D eigenvalue weighted by atomic mass is 79.9. The predicted octanol–water partition coefficient (Wildman–Crippen LogP) is 3.43. The highest BCUT2D eigenvalue weighted by Crippen LogP contribution is 2.35. The van der Waals surface area contributed by atoms with Gasteiger partial charge in [-0.2, -0.15) is 5.26 Å². The highest BCUT2D eigenvalue weighted by molar-refractivity contribution is 9.10. The van der Waals surface area contributed by atoms with Crippen LogP contribution in [0.1, 0.15) is 38.2 Å². The van der Waals surface area contributed by atoms with Gasteiger partial charge in [0.15, 0.2) is 0 Å². The molecule has 0 saturated carbocycles. The fourth-order valence-corrected chi connectivity index (χ4v) is 4.21. The third-order valence-electron chi connectivity index (χ3n) is 4.64. The zero-order valence-electron chi connectivity index (χ0n) is 11.8. The van der Waals surface area contributed by atoms with Gasteiger partial charge in [0.2, 0.25) is 0 Å². The summed E-state index contributed by atoms with van der Waals surface area (Å²) in [6.45, 7) is 3.14. The van der Waals surface area contributed by atoms with Gasteiger partial charge >= 0.3 is 0 Å². The van der Waals surface area contributed by atoms with Gasteiger partial charge in [0.1, 0.15) is 6.07 Å². The van der Waals surface area contributed by atoms with Crippen molar-refractivity contribution in [1.29, 1.82) is 5.26 Å². The van der Waals surface area contributed by atoms with E-state index in [2.05, 4.69) is 45.2 Å². The SMILES string of the molecule is CCN(c1cccc(Br)c1C#N)C1CC2CCC(C1)N2. The van der Waals surface area contributed by atoms with Crippen LogP contribution < -0.4 is 10.2 Å². The zero-order valence-corrected chi connectivity index (χ0v) is 13.4. The van der Waals surface area contributed by atoms with Crippen molar-refractivity contribution < 1.29 is 0 Å². The summed E-state index contributed by atoms with van der Waals surface area (Å²) in [4.78, 5) is 2.43. The van der Waals surface area contributed by atoms with Gasteiger partial charge in [0.25, 0.3) is 0 Å². The molecule has 4 heteroatoms. The highest BCUT2D eigenvalue weighted by Gasteiger charge is 2.36. The molecule has 1 aromatic carbocycles. The van der Waals surface area contributed by atoms with Crippen molar-refractivity contribution in [1.82, 2.24) is 5.32 Å². The van der Waals surface area contributed by atoms with E-state index >= 15 is 0 Å². The minimum atomic E-state index is 0.556. The van der Waals surface area contributed by atoms with Crippen LogP contribution in [0.2, 0.25) is 0 Å². The summed E-state index contributed by atoms with van der Waals surface area (Å²) >= 11 is 3.50. The van der Waals surface area contributed by atoms with E-state index in [1.54, 1.807) is 0 Å². The molecule has 0 amide bonds. The minimum Gasteiger partial charge on any atom is -0.368 e. The number of halogens is 1. The van der Waals surface area contributed by atoms with E-state index < -0.39 is 0 Å². The van der Waals surface area contributed by atoms with Crippen LogP contribution in [0, 0.1) is 11.3 Å². The number of rotatable bonds is 3. The summed E-state index contributed by atoms with van der Waals surface area (Å²) in [7, 11) is 0. The topological polar surface area (TPSA) is 39.1 Å². The largest absolute Gasteiger partial charge is 0.368 e. The molecule has 1 N–H and O–H groups in total. The lowest BCUT2D eigenvalue weighted by Gasteiger charge is -2.39. The van der Waals surface area contributed by atoms with Gasteiger partial charge in [-0.15, -0.1) is 0 Å². The van der Waals surface area contributed by atoms with Crippen molar-refractivity contribution >= 4 is 21.6 Å². The van der Waals surface area contributed by atoms with Gasteiger partial charge in [-0.1, -0.05) is 6.07 Å². The number of piperidine rings is 1. The summed E-state index contributed by atoms with van der Waals surface area (Å²) in [6.07, 6.45) is 5.01. The number of hydrogen-bond acceptors (Lipinski definition) is 3. The molecule has 2 fully saturated rings. The Kier molecular flexibility index (Phi) is 4.00. The Morgan fingerprint density at radius 3 is 2.65 bits per heavy atom. The Labute approximate surface area is 129 Å². The second kappa shape index (κ2) is 5.75. The van der Waals surface area contributed by atoms with Gasteiger partial charge in [-0.05, 0) is 60.7 Å². The van der Waals surface area contributed by atoms with Crippen molar-refractivity contribution in [3.8, 4) is 6.07 Å². The number of nitrogens with one attached hydrogen (secondary N) is 1. The zero-order chi connectivity index (χ0) is 14.1. The van der Waals surface area contributed by atoms with Crippen LogP contribution in [0.4, 0.5) is 5.69 Å². The predicted molar refractivity (Wildman–Crippen MR) is 84.8 cm³/mol. The molecule has 2 heterocycles. The third-order valence-corrected chi connectivity index (χ3v) is 5.30. The number of nitrogens with zero attached hydrogens (tertiary/aromatic N) is 2. The summed E-state index contributed by atoms with van der Waals surface area (Å²) in [6, 6.07) is 10.3. The lowest BCUT2D eigenvalue weighted by atomic mass is 9.97. The maximum absolute atomic E-state index is 9.44. The number of anilines is 1. The summed E-state index contributed by atoms with van der Waals surface area (Å²) in [5.41, 5.74) is 1.84. The first kappa shape index (κ1) is 13.9. The number of benzene rings is 1. The van der Waals surface area contributed by atoms with Crippen molar-refractivity contribution in [2.24, 2.45) is 0 Å². The van der Waals surface area contributed by atoms with Crippen LogP contribution in [-0.4, -0.2) is 24.7 Å². The van der Waals surface area contributed by atoms with Crippen LogP contribution in [-0.2, 0) is 0 Å². The molecule has 3 nitrogen and oxygen atoms in total. The van der Waals surface area contributed by atoms with E-state index in [0.29, 0.717) is 18.1 Å². The summed E-state index contributed by atoms with van der Waals surface area (Å²) < 4.78 is 0.896. The van der Waals surface area contributed by atoms with Crippen molar-refractivity contribution in [2.45, 2.75) is 50.7 Å². The van der Waals surface area contributed by atoms with Crippen LogP contribution >= 0.6 is 15.9 Å². The number of nitriles is 1. The molecule has 0 aliphatic carbocycles. The first-order chi connectivity index (χ1) is 9.72. The van der Waals surface area contributed by atoms with E-state index in [4.69, 9.17) is 0 Å². The molecule has 2 aliphatic rings. The normalized spacial score (nSPS) is 28.1. The molecule has 2 atom stereocenters. The maximum atomic E-state index is 9.44. The number of fused-ring (bicyclic) bond motifs is 2. The van der Waals surface area contributed by atoms with E-state index in [-0.39, 0.29) is 0 Å². The Balaban J connectivity index is 1.91. The van der Waals surface area contributed by atoms with Gasteiger partial charge in [-0.3, -0.25) is 0 Å². The smallest absolute Gasteiger partial charge is 0.103 e. The molecule has 2 unspecified atom stereocenters. The second-order valence-corrected chi connectivity index (χ2v) is 6.65. The molecule has 0 aromatic heterocycles. The fraction of sp³-hybridized carbons (Fsp3) is 0.562. The van der Waals surface area contributed by atoms with E-state index in [1.807, 2.05) is 12.1 Å². The third kappa shape index (κ3) is 2.45. The van der Waals surface area contributed by atoms with Gasteiger partial charge in [0, 0.05) is 29.1 Å². The quantitative estimate of drug-likeness (QED) is 0.920. The van der Waals surface area contributed by atoms with E-state index in [0.717, 1.165) is 22.3 Å². The molecule has 0 spiro atoms. The molecule has 0 radical (unpaired) electrons. The Morgan fingerprint density at radius 1 is 1.35 bits per heavy atom. The van der Waals surface area contributed by atoms with Crippen LogP contribution in [0.25, 0.3) is 0 Å². The summed E-state index contributed by atoms with van der Waals surface area (Å²) in [5, 5.41) is 13.1. The standard InChI is InChI=1S/C16H20BrN3/c1-2-20(13-8-11-6-7-12(9-13)19-11)16-5-3-4-15(17)14(16)10-18/h3-5,11-13,19H,2,6-9H2,1H3. The van der Waals surface area contributed by atoms with Gasteiger partial charge in [-0.25, -0.2) is 0 Å². The van der Waals surface area contributed by atoms with Crippen LogP contribution in [0.15, 0.2) is 22.7 Å². The Hall–Kier alpha value is -1.05.